The quantitative estimate of drug-likeness (QED) is 0.354. The summed E-state index contributed by atoms with van der Waals surface area (Å²) in [6.45, 7) is 3.42. The van der Waals surface area contributed by atoms with E-state index in [-0.39, 0.29) is 12.3 Å². The number of anilines is 1. The van der Waals surface area contributed by atoms with E-state index in [1.807, 2.05) is 35.7 Å². The first-order chi connectivity index (χ1) is 16.6. The van der Waals surface area contributed by atoms with Gasteiger partial charge in [-0.05, 0) is 41.5 Å². The van der Waals surface area contributed by atoms with E-state index in [1.54, 1.807) is 25.5 Å². The van der Waals surface area contributed by atoms with Crippen LogP contribution in [0.4, 0.5) is 5.13 Å². The molecule has 0 bridgehead atoms. The van der Waals surface area contributed by atoms with E-state index in [4.69, 9.17) is 25.8 Å². The lowest BCUT2D eigenvalue weighted by Gasteiger charge is -2.26. The molecule has 1 saturated heterocycles. The molecule has 2 aromatic carbocycles. The number of amides is 1. The summed E-state index contributed by atoms with van der Waals surface area (Å²) in [5, 5.41) is 7.56. The smallest absolute Gasteiger partial charge is 0.246 e. The average Bonchev–Trinajstić information content (AvgIpc) is 3.33. The number of hydrogen-bond acceptors (Lipinski definition) is 8. The number of nitrogens with zero attached hydrogens (tertiary/aromatic N) is 3. The lowest BCUT2D eigenvalue weighted by Crippen LogP contribution is -2.36. The molecular formula is C24H25ClN4O4S. The number of hydrazone groups is 1. The van der Waals surface area contributed by atoms with Gasteiger partial charge in [0.15, 0.2) is 16.6 Å². The van der Waals surface area contributed by atoms with Crippen LogP contribution in [0.2, 0.25) is 5.02 Å². The average molecular weight is 501 g/mol. The number of hydrogen-bond donors (Lipinski definition) is 1. The zero-order valence-corrected chi connectivity index (χ0v) is 20.3. The first-order valence-electron chi connectivity index (χ1n) is 10.7. The molecule has 2 heterocycles. The Hall–Kier alpha value is -3.14. The fourth-order valence-electron chi connectivity index (χ4n) is 3.29. The van der Waals surface area contributed by atoms with Crippen LogP contribution in [0.3, 0.4) is 0 Å². The highest BCUT2D eigenvalue weighted by molar-refractivity contribution is 7.13. The molecule has 3 aromatic rings. The summed E-state index contributed by atoms with van der Waals surface area (Å²) in [6, 6.07) is 12.9. The van der Waals surface area contributed by atoms with E-state index in [2.05, 4.69) is 20.4 Å². The monoisotopic (exact) mass is 500 g/mol. The Morgan fingerprint density at radius 2 is 2.03 bits per heavy atom. The van der Waals surface area contributed by atoms with Crippen molar-refractivity contribution < 1.29 is 19.0 Å². The summed E-state index contributed by atoms with van der Waals surface area (Å²) in [5.41, 5.74) is 5.04. The molecule has 10 heteroatoms. The van der Waals surface area contributed by atoms with Crippen molar-refractivity contribution in [2.45, 2.75) is 13.0 Å². The van der Waals surface area contributed by atoms with Crippen LogP contribution in [0.1, 0.15) is 16.8 Å². The van der Waals surface area contributed by atoms with Crippen LogP contribution in [0.25, 0.3) is 0 Å². The second-order valence-corrected chi connectivity index (χ2v) is 8.79. The molecule has 0 atom stereocenters. The summed E-state index contributed by atoms with van der Waals surface area (Å²) < 4.78 is 16.7. The topological polar surface area (TPSA) is 85.3 Å². The van der Waals surface area contributed by atoms with Gasteiger partial charge >= 0.3 is 0 Å². The number of halogens is 1. The largest absolute Gasteiger partial charge is 0.493 e. The maximum Gasteiger partial charge on any atom is 0.246 e. The van der Waals surface area contributed by atoms with Crippen molar-refractivity contribution in [3.05, 3.63) is 69.7 Å². The normalized spacial score (nSPS) is 13.8. The molecule has 0 spiro atoms. The molecule has 178 valence electrons. The van der Waals surface area contributed by atoms with Crippen molar-refractivity contribution in [3.63, 3.8) is 0 Å². The maximum atomic E-state index is 12.3. The van der Waals surface area contributed by atoms with Crippen LogP contribution in [0.5, 0.6) is 11.5 Å². The summed E-state index contributed by atoms with van der Waals surface area (Å²) in [7, 11) is 1.58. The number of carbonyl (C=O) groups excluding carboxylic acids is 1. The Morgan fingerprint density at radius 3 is 2.79 bits per heavy atom. The Labute approximate surface area is 207 Å². The number of morpholine rings is 1. The van der Waals surface area contributed by atoms with Crippen molar-refractivity contribution in [1.29, 1.82) is 0 Å². The molecule has 4 rings (SSSR count). The number of aromatic nitrogens is 1. The predicted molar refractivity (Wildman–Crippen MR) is 133 cm³/mol. The van der Waals surface area contributed by atoms with Gasteiger partial charge in [-0.15, -0.1) is 11.3 Å². The molecule has 1 amide bonds. The van der Waals surface area contributed by atoms with Gasteiger partial charge in [0.2, 0.25) is 5.91 Å². The SMILES string of the molecule is COc1cc(C=NNC(=O)Cc2csc(N3CCOCC3)n2)ccc1OCc1ccc(Cl)cc1. The third-order valence-corrected chi connectivity index (χ3v) is 6.26. The second-order valence-electron chi connectivity index (χ2n) is 7.52. The fraction of sp³-hybridized carbons (Fsp3) is 0.292. The van der Waals surface area contributed by atoms with Crippen LogP contribution >= 0.6 is 22.9 Å². The number of methoxy groups -OCH3 is 1. The van der Waals surface area contributed by atoms with Gasteiger partial charge < -0.3 is 19.1 Å². The highest BCUT2D eigenvalue weighted by Gasteiger charge is 2.15. The molecule has 1 N–H and O–H groups in total. The van der Waals surface area contributed by atoms with Crippen LogP contribution in [-0.4, -0.2) is 50.5 Å². The van der Waals surface area contributed by atoms with Gasteiger partial charge in [-0.25, -0.2) is 10.4 Å². The summed E-state index contributed by atoms with van der Waals surface area (Å²) in [6.07, 6.45) is 1.72. The van der Waals surface area contributed by atoms with Crippen molar-refractivity contribution in [1.82, 2.24) is 10.4 Å². The van der Waals surface area contributed by atoms with Gasteiger partial charge in [0, 0.05) is 23.5 Å². The van der Waals surface area contributed by atoms with E-state index in [9.17, 15) is 4.79 Å². The number of thiazole rings is 1. The third kappa shape index (κ3) is 6.69. The summed E-state index contributed by atoms with van der Waals surface area (Å²) in [5.74, 6) is 0.950. The van der Waals surface area contributed by atoms with Gasteiger partial charge in [-0.3, -0.25) is 4.79 Å². The van der Waals surface area contributed by atoms with Gasteiger partial charge in [-0.2, -0.15) is 5.10 Å². The highest BCUT2D eigenvalue weighted by atomic mass is 35.5. The first-order valence-corrected chi connectivity index (χ1v) is 12.0. The molecule has 8 nitrogen and oxygen atoms in total. The second kappa shape index (κ2) is 11.8. The Morgan fingerprint density at radius 1 is 1.24 bits per heavy atom. The Kier molecular flexibility index (Phi) is 8.35. The number of benzene rings is 2. The molecule has 1 aromatic heterocycles. The zero-order chi connectivity index (χ0) is 23.8. The van der Waals surface area contributed by atoms with E-state index < -0.39 is 0 Å². The lowest BCUT2D eigenvalue weighted by molar-refractivity contribution is -0.120. The van der Waals surface area contributed by atoms with Crippen molar-refractivity contribution in [3.8, 4) is 11.5 Å². The molecule has 0 radical (unpaired) electrons. The summed E-state index contributed by atoms with van der Waals surface area (Å²) in [4.78, 5) is 19.0. The van der Waals surface area contributed by atoms with Gasteiger partial charge in [-0.1, -0.05) is 23.7 Å². The molecule has 0 aliphatic carbocycles. The van der Waals surface area contributed by atoms with Gasteiger partial charge in [0.1, 0.15) is 6.61 Å². The minimum absolute atomic E-state index is 0.166. The number of carbonyl (C=O) groups is 1. The van der Waals surface area contributed by atoms with E-state index in [0.717, 1.165) is 35.0 Å². The van der Waals surface area contributed by atoms with Crippen LogP contribution in [-0.2, 0) is 22.6 Å². The van der Waals surface area contributed by atoms with Crippen molar-refractivity contribution in [2.75, 3.05) is 38.3 Å². The lowest BCUT2D eigenvalue weighted by atomic mass is 10.2. The number of ether oxygens (including phenoxy) is 3. The van der Waals surface area contributed by atoms with Gasteiger partial charge in [0.25, 0.3) is 0 Å². The molecule has 1 aliphatic rings. The molecule has 0 unspecified atom stereocenters. The minimum atomic E-state index is -0.232. The van der Waals surface area contributed by atoms with Crippen molar-refractivity contribution in [2.24, 2.45) is 5.10 Å². The van der Waals surface area contributed by atoms with Gasteiger partial charge in [0.05, 0.1) is 38.7 Å². The fourth-order valence-corrected chi connectivity index (χ4v) is 4.29. The number of nitrogens with one attached hydrogen (secondary N) is 1. The summed E-state index contributed by atoms with van der Waals surface area (Å²) >= 11 is 7.45. The van der Waals surface area contributed by atoms with E-state index >= 15 is 0 Å². The Bertz CT molecular complexity index is 1130. The predicted octanol–water partition coefficient (Wildman–Crippen LogP) is 3.91. The number of rotatable bonds is 9. The maximum absolute atomic E-state index is 12.3. The Balaban J connectivity index is 1.28. The van der Waals surface area contributed by atoms with Crippen LogP contribution < -0.4 is 19.8 Å². The molecule has 0 saturated carbocycles. The molecular weight excluding hydrogens is 476 g/mol. The standard InChI is InChI=1S/C24H25ClN4O4S/c1-31-22-12-18(4-7-21(22)33-15-17-2-5-19(25)6-3-17)14-26-28-23(30)13-20-16-34-24(27-20)29-8-10-32-11-9-29/h2-7,12,14,16H,8-11,13,15H2,1H3,(H,28,30). The highest BCUT2D eigenvalue weighted by Crippen LogP contribution is 2.28. The third-order valence-electron chi connectivity index (χ3n) is 5.06. The molecule has 34 heavy (non-hydrogen) atoms. The first kappa shape index (κ1) is 24.0. The van der Waals surface area contributed by atoms with Crippen LogP contribution in [0.15, 0.2) is 52.9 Å². The van der Waals surface area contributed by atoms with Crippen molar-refractivity contribution >= 4 is 40.2 Å². The molecule has 1 aliphatic heterocycles. The van der Waals surface area contributed by atoms with E-state index in [0.29, 0.717) is 36.3 Å². The van der Waals surface area contributed by atoms with E-state index in [1.165, 1.54) is 11.3 Å². The zero-order valence-electron chi connectivity index (χ0n) is 18.7. The minimum Gasteiger partial charge on any atom is -0.493 e. The van der Waals surface area contributed by atoms with Crippen LogP contribution in [0, 0.1) is 0 Å². The molecule has 1 fully saturated rings.